The number of pyridine rings is 1. The van der Waals surface area contributed by atoms with Gasteiger partial charge in [-0.15, -0.1) is 10.2 Å². The molecule has 9 heteroatoms. The molecular weight excluding hydrogens is 382 g/mol. The molecule has 1 saturated carbocycles. The monoisotopic (exact) mass is 399 g/mol. The molecule has 4 heterocycles. The number of benzene rings is 1. The third kappa shape index (κ3) is 2.74. The Hall–Kier alpha value is -4.01. The summed E-state index contributed by atoms with van der Waals surface area (Å²) in [6.07, 6.45) is 5.78. The van der Waals surface area contributed by atoms with E-state index in [-0.39, 0.29) is 12.5 Å². The van der Waals surface area contributed by atoms with Gasteiger partial charge in [-0.1, -0.05) is 23.4 Å². The van der Waals surface area contributed by atoms with Gasteiger partial charge >= 0.3 is 0 Å². The Morgan fingerprint density at radius 2 is 2.10 bits per heavy atom. The Morgan fingerprint density at radius 1 is 1.20 bits per heavy atom. The number of amides is 1. The van der Waals surface area contributed by atoms with Crippen molar-refractivity contribution in [2.24, 2.45) is 0 Å². The van der Waals surface area contributed by atoms with Crippen molar-refractivity contribution in [1.29, 1.82) is 0 Å². The van der Waals surface area contributed by atoms with Crippen LogP contribution in [0.5, 0.6) is 0 Å². The molecule has 1 amide bonds. The second kappa shape index (κ2) is 6.51. The smallest absolute Gasteiger partial charge is 0.261 e. The van der Waals surface area contributed by atoms with Gasteiger partial charge in [0.05, 0.1) is 17.7 Å². The zero-order valence-electron chi connectivity index (χ0n) is 15.9. The van der Waals surface area contributed by atoms with E-state index in [0.717, 1.165) is 35.1 Å². The number of nitrogens with one attached hydrogen (secondary N) is 2. The molecule has 30 heavy (non-hydrogen) atoms. The summed E-state index contributed by atoms with van der Waals surface area (Å²) in [6.45, 7) is 0.236. The Balaban J connectivity index is 1.27. The summed E-state index contributed by atoms with van der Waals surface area (Å²) in [5.74, 6) is 2.03. The number of nitrogens with zero attached hydrogens (tertiary/aromatic N) is 5. The highest BCUT2D eigenvalue weighted by atomic mass is 16.5. The van der Waals surface area contributed by atoms with E-state index in [1.807, 2.05) is 47.0 Å². The fourth-order valence-corrected chi connectivity index (χ4v) is 3.62. The molecule has 9 nitrogen and oxygen atoms in total. The number of fused-ring (bicyclic) bond motifs is 2. The molecule has 0 aliphatic heterocycles. The Bertz CT molecular complexity index is 1390. The topological polar surface area (TPSA) is 114 Å². The summed E-state index contributed by atoms with van der Waals surface area (Å²) in [5, 5.41) is 16.4. The lowest BCUT2D eigenvalue weighted by Crippen LogP contribution is -2.23. The lowest BCUT2D eigenvalue weighted by molar-refractivity contribution is 0.0951. The van der Waals surface area contributed by atoms with Gasteiger partial charge < -0.3 is 14.8 Å². The second-order valence-corrected chi connectivity index (χ2v) is 7.39. The Labute approximate surface area is 170 Å². The average Bonchev–Trinajstić information content (AvgIpc) is 3.18. The second-order valence-electron chi connectivity index (χ2n) is 7.39. The summed E-state index contributed by atoms with van der Waals surface area (Å²) >= 11 is 0. The molecule has 6 rings (SSSR count). The fourth-order valence-electron chi connectivity index (χ4n) is 3.62. The zero-order chi connectivity index (χ0) is 20.1. The molecule has 0 saturated heterocycles. The number of carbonyl (C=O) groups excluding carboxylic acids is 1. The molecule has 1 aliphatic rings. The number of carbonyl (C=O) groups is 1. The third-order valence-electron chi connectivity index (χ3n) is 5.36. The lowest BCUT2D eigenvalue weighted by Gasteiger charge is -2.04. The maximum Gasteiger partial charge on any atom is 0.261 e. The van der Waals surface area contributed by atoms with E-state index in [1.54, 1.807) is 6.20 Å². The van der Waals surface area contributed by atoms with Gasteiger partial charge in [0.2, 0.25) is 0 Å². The van der Waals surface area contributed by atoms with Gasteiger partial charge in [-0.25, -0.2) is 0 Å². The highest BCUT2D eigenvalue weighted by Gasteiger charge is 2.29. The largest absolute Gasteiger partial charge is 0.360 e. The van der Waals surface area contributed by atoms with Crippen molar-refractivity contribution < 1.29 is 9.32 Å². The van der Waals surface area contributed by atoms with E-state index in [1.165, 1.54) is 0 Å². The van der Waals surface area contributed by atoms with Gasteiger partial charge in [-0.2, -0.15) is 4.98 Å². The van der Waals surface area contributed by atoms with Crippen LogP contribution in [0.25, 0.3) is 28.0 Å². The molecule has 1 aliphatic carbocycles. The molecule has 5 aromatic rings. The van der Waals surface area contributed by atoms with Crippen LogP contribution in [-0.2, 0) is 6.54 Å². The Kier molecular flexibility index (Phi) is 3.67. The van der Waals surface area contributed by atoms with Crippen molar-refractivity contribution in [3.63, 3.8) is 0 Å². The van der Waals surface area contributed by atoms with Gasteiger partial charge in [0.1, 0.15) is 0 Å². The first-order chi connectivity index (χ1) is 14.8. The predicted molar refractivity (Wildman–Crippen MR) is 108 cm³/mol. The molecule has 1 aromatic carbocycles. The van der Waals surface area contributed by atoms with Gasteiger partial charge in [0.25, 0.3) is 11.8 Å². The van der Waals surface area contributed by atoms with Gasteiger partial charge in [-0.3, -0.25) is 9.20 Å². The van der Waals surface area contributed by atoms with Crippen molar-refractivity contribution in [3.05, 3.63) is 66.0 Å². The maximum absolute atomic E-state index is 12.7. The molecule has 148 valence electrons. The van der Waals surface area contributed by atoms with Crippen molar-refractivity contribution >= 4 is 22.5 Å². The summed E-state index contributed by atoms with van der Waals surface area (Å²) in [7, 11) is 0. The molecule has 0 atom stereocenters. The van der Waals surface area contributed by atoms with Crippen LogP contribution in [0.2, 0.25) is 0 Å². The molecule has 0 spiro atoms. The molecular formula is C21H17N7O2. The predicted octanol–water partition coefficient (Wildman–Crippen LogP) is 3.07. The van der Waals surface area contributed by atoms with Crippen LogP contribution < -0.4 is 5.32 Å². The molecule has 0 radical (unpaired) electrons. The SMILES string of the molecule is O=C(NCc1nnc2c(-c3nc(C4CC4)no3)cccn12)c1c[nH]c2ccccc12. The minimum absolute atomic E-state index is 0.175. The first-order valence-corrected chi connectivity index (χ1v) is 9.79. The van der Waals surface area contributed by atoms with Crippen LogP contribution in [0.3, 0.4) is 0 Å². The minimum atomic E-state index is -0.175. The van der Waals surface area contributed by atoms with E-state index in [9.17, 15) is 4.79 Å². The quantitative estimate of drug-likeness (QED) is 0.469. The number of hydrogen-bond donors (Lipinski definition) is 2. The van der Waals surface area contributed by atoms with E-state index in [0.29, 0.717) is 28.8 Å². The molecule has 4 aromatic heterocycles. The zero-order valence-corrected chi connectivity index (χ0v) is 15.9. The number of aromatic nitrogens is 6. The van der Waals surface area contributed by atoms with Gasteiger partial charge in [-0.05, 0) is 31.0 Å². The molecule has 1 fully saturated rings. The highest BCUT2D eigenvalue weighted by molar-refractivity contribution is 6.06. The summed E-state index contributed by atoms with van der Waals surface area (Å²) in [6, 6.07) is 11.4. The van der Waals surface area contributed by atoms with E-state index < -0.39 is 0 Å². The fraction of sp³-hybridized carbons (Fsp3) is 0.190. The van der Waals surface area contributed by atoms with Crippen molar-refractivity contribution in [2.45, 2.75) is 25.3 Å². The number of hydrogen-bond acceptors (Lipinski definition) is 6. The van der Waals surface area contributed by atoms with Crippen molar-refractivity contribution in [2.75, 3.05) is 0 Å². The minimum Gasteiger partial charge on any atom is -0.360 e. The van der Waals surface area contributed by atoms with Gasteiger partial charge in [0, 0.05) is 29.2 Å². The lowest BCUT2D eigenvalue weighted by atomic mass is 10.1. The maximum atomic E-state index is 12.7. The number of aromatic amines is 1. The van der Waals surface area contributed by atoms with Crippen LogP contribution in [0.4, 0.5) is 0 Å². The first kappa shape index (κ1) is 16.9. The molecule has 0 bridgehead atoms. The molecule has 2 N–H and O–H groups in total. The number of rotatable bonds is 5. The number of para-hydroxylation sites is 1. The van der Waals surface area contributed by atoms with Crippen LogP contribution in [-0.4, -0.2) is 35.6 Å². The Morgan fingerprint density at radius 3 is 3.00 bits per heavy atom. The van der Waals surface area contributed by atoms with Crippen LogP contribution in [0, 0.1) is 0 Å². The van der Waals surface area contributed by atoms with E-state index in [2.05, 4.69) is 30.6 Å². The third-order valence-corrected chi connectivity index (χ3v) is 5.36. The summed E-state index contributed by atoms with van der Waals surface area (Å²) in [5.41, 5.74) is 2.85. The van der Waals surface area contributed by atoms with E-state index >= 15 is 0 Å². The van der Waals surface area contributed by atoms with E-state index in [4.69, 9.17) is 4.52 Å². The van der Waals surface area contributed by atoms with Crippen LogP contribution in [0.15, 0.2) is 53.3 Å². The summed E-state index contributed by atoms with van der Waals surface area (Å²) < 4.78 is 7.27. The van der Waals surface area contributed by atoms with Crippen LogP contribution in [0.1, 0.15) is 40.8 Å². The molecule has 0 unspecified atom stereocenters. The highest BCUT2D eigenvalue weighted by Crippen LogP contribution is 2.39. The van der Waals surface area contributed by atoms with Crippen LogP contribution >= 0.6 is 0 Å². The van der Waals surface area contributed by atoms with Crippen molar-refractivity contribution in [3.8, 4) is 11.5 Å². The summed E-state index contributed by atoms with van der Waals surface area (Å²) in [4.78, 5) is 20.3. The number of H-pyrrole nitrogens is 1. The first-order valence-electron chi connectivity index (χ1n) is 9.79. The van der Waals surface area contributed by atoms with Gasteiger partial charge in [0.15, 0.2) is 17.3 Å². The standard InChI is InChI=1S/C21H17N7O2/c29-20(15-10-22-16-6-2-1-4-13(15)16)23-11-17-25-26-19-14(5-3-9-28(17)19)21-24-18(27-30-21)12-7-8-12/h1-6,9-10,12,22H,7-8,11H2,(H,23,29). The average molecular weight is 399 g/mol. The normalized spacial score (nSPS) is 13.9. The van der Waals surface area contributed by atoms with Crippen molar-refractivity contribution in [1.82, 2.24) is 35.0 Å².